The summed E-state index contributed by atoms with van der Waals surface area (Å²) in [6.45, 7) is 1.04. The first-order valence-electron chi connectivity index (χ1n) is 6.84. The molecule has 1 aliphatic rings. The molecule has 0 aliphatic heterocycles. The van der Waals surface area contributed by atoms with Crippen molar-refractivity contribution in [2.75, 3.05) is 11.9 Å². The second-order valence-electron chi connectivity index (χ2n) is 5.27. The van der Waals surface area contributed by atoms with Gasteiger partial charge in [0.25, 0.3) is 0 Å². The summed E-state index contributed by atoms with van der Waals surface area (Å²) in [5.74, 6) is 1.79. The van der Waals surface area contributed by atoms with Gasteiger partial charge >= 0.3 is 0 Å². The first-order chi connectivity index (χ1) is 8.84. The molecule has 0 radical (unpaired) electrons. The van der Waals surface area contributed by atoms with Gasteiger partial charge in [0.05, 0.1) is 5.39 Å². The van der Waals surface area contributed by atoms with E-state index in [9.17, 15) is 0 Å². The molecular formula is C14H20N4. The summed E-state index contributed by atoms with van der Waals surface area (Å²) in [6.07, 6.45) is 10.6. The van der Waals surface area contributed by atoms with Gasteiger partial charge in [0.1, 0.15) is 17.8 Å². The van der Waals surface area contributed by atoms with Crippen LogP contribution in [0.5, 0.6) is 0 Å². The Labute approximate surface area is 107 Å². The Bertz CT molecular complexity index is 526. The highest BCUT2D eigenvalue weighted by Crippen LogP contribution is 2.25. The Balaban J connectivity index is 1.74. The number of nitrogens with zero attached hydrogens (tertiary/aromatic N) is 3. The van der Waals surface area contributed by atoms with Gasteiger partial charge < -0.3 is 9.88 Å². The van der Waals surface area contributed by atoms with Gasteiger partial charge in [-0.05, 0) is 24.8 Å². The van der Waals surface area contributed by atoms with E-state index in [2.05, 4.69) is 21.4 Å². The number of aromatic nitrogens is 3. The third kappa shape index (κ3) is 2.19. The molecule has 1 N–H and O–H groups in total. The molecule has 1 fully saturated rings. The largest absolute Gasteiger partial charge is 0.369 e. The molecule has 18 heavy (non-hydrogen) atoms. The van der Waals surface area contributed by atoms with Crippen LogP contribution in [0.2, 0.25) is 0 Å². The molecule has 4 heteroatoms. The van der Waals surface area contributed by atoms with Crippen molar-refractivity contribution in [2.24, 2.45) is 13.0 Å². The molecule has 2 aromatic heterocycles. The number of aryl methyl sites for hydroxylation is 1. The van der Waals surface area contributed by atoms with E-state index >= 15 is 0 Å². The van der Waals surface area contributed by atoms with Crippen molar-refractivity contribution in [1.82, 2.24) is 14.5 Å². The number of hydrogen-bond acceptors (Lipinski definition) is 3. The summed E-state index contributed by atoms with van der Waals surface area (Å²) in [6, 6.07) is 2.08. The SMILES string of the molecule is Cn1ccc2c(NCC3CCCCC3)ncnc21. The zero-order valence-corrected chi connectivity index (χ0v) is 10.9. The minimum Gasteiger partial charge on any atom is -0.369 e. The summed E-state index contributed by atoms with van der Waals surface area (Å²) >= 11 is 0. The van der Waals surface area contributed by atoms with Crippen LogP contribution in [-0.4, -0.2) is 21.1 Å². The molecule has 3 rings (SSSR count). The van der Waals surface area contributed by atoms with E-state index in [0.717, 1.165) is 29.3 Å². The van der Waals surface area contributed by atoms with Crippen molar-refractivity contribution in [2.45, 2.75) is 32.1 Å². The molecule has 0 atom stereocenters. The van der Waals surface area contributed by atoms with E-state index < -0.39 is 0 Å². The number of anilines is 1. The van der Waals surface area contributed by atoms with Gasteiger partial charge in [0.2, 0.25) is 0 Å². The maximum Gasteiger partial charge on any atom is 0.145 e. The normalized spacial score (nSPS) is 17.2. The molecule has 0 bridgehead atoms. The predicted molar refractivity (Wildman–Crippen MR) is 73.6 cm³/mol. The van der Waals surface area contributed by atoms with E-state index in [1.165, 1.54) is 32.1 Å². The van der Waals surface area contributed by atoms with Crippen molar-refractivity contribution >= 4 is 16.9 Å². The lowest BCUT2D eigenvalue weighted by atomic mass is 9.89. The summed E-state index contributed by atoms with van der Waals surface area (Å²) < 4.78 is 2.03. The lowest BCUT2D eigenvalue weighted by Crippen LogP contribution is -2.17. The Morgan fingerprint density at radius 3 is 2.94 bits per heavy atom. The molecule has 0 aromatic carbocycles. The maximum atomic E-state index is 4.37. The molecule has 0 unspecified atom stereocenters. The average molecular weight is 244 g/mol. The number of nitrogens with one attached hydrogen (secondary N) is 1. The van der Waals surface area contributed by atoms with E-state index in [0.29, 0.717) is 0 Å². The lowest BCUT2D eigenvalue weighted by Gasteiger charge is -2.22. The summed E-state index contributed by atoms with van der Waals surface area (Å²) in [5.41, 5.74) is 0.996. The molecule has 2 aromatic rings. The van der Waals surface area contributed by atoms with E-state index in [-0.39, 0.29) is 0 Å². The Morgan fingerprint density at radius 1 is 1.28 bits per heavy atom. The van der Waals surface area contributed by atoms with Crippen molar-refractivity contribution in [3.05, 3.63) is 18.6 Å². The Kier molecular flexibility index (Phi) is 3.17. The van der Waals surface area contributed by atoms with Crippen molar-refractivity contribution in [3.63, 3.8) is 0 Å². The Morgan fingerprint density at radius 2 is 2.11 bits per heavy atom. The minimum absolute atomic E-state index is 0.812. The van der Waals surface area contributed by atoms with Crippen LogP contribution in [0.3, 0.4) is 0 Å². The lowest BCUT2D eigenvalue weighted by molar-refractivity contribution is 0.373. The number of hydrogen-bond donors (Lipinski definition) is 1. The summed E-state index contributed by atoms with van der Waals surface area (Å²) in [4.78, 5) is 8.68. The van der Waals surface area contributed by atoms with Gasteiger partial charge in [-0.1, -0.05) is 19.3 Å². The molecule has 0 amide bonds. The second-order valence-corrected chi connectivity index (χ2v) is 5.27. The fourth-order valence-corrected chi connectivity index (χ4v) is 2.85. The van der Waals surface area contributed by atoms with Crippen LogP contribution in [0.4, 0.5) is 5.82 Å². The van der Waals surface area contributed by atoms with Crippen LogP contribution in [0.1, 0.15) is 32.1 Å². The van der Waals surface area contributed by atoms with E-state index in [1.807, 2.05) is 17.8 Å². The minimum atomic E-state index is 0.812. The second kappa shape index (κ2) is 4.96. The number of rotatable bonds is 3. The molecule has 0 spiro atoms. The van der Waals surface area contributed by atoms with Crippen LogP contribution in [0.15, 0.2) is 18.6 Å². The van der Waals surface area contributed by atoms with Crippen LogP contribution >= 0.6 is 0 Å². The molecule has 2 heterocycles. The van der Waals surface area contributed by atoms with Crippen molar-refractivity contribution < 1.29 is 0 Å². The van der Waals surface area contributed by atoms with Crippen LogP contribution in [0, 0.1) is 5.92 Å². The van der Waals surface area contributed by atoms with Crippen LogP contribution < -0.4 is 5.32 Å². The maximum absolute atomic E-state index is 4.37. The monoisotopic (exact) mass is 244 g/mol. The third-order valence-electron chi connectivity index (χ3n) is 3.94. The highest BCUT2D eigenvalue weighted by molar-refractivity contribution is 5.87. The first kappa shape index (κ1) is 11.5. The molecule has 4 nitrogen and oxygen atoms in total. The van der Waals surface area contributed by atoms with Crippen molar-refractivity contribution in [1.29, 1.82) is 0 Å². The average Bonchev–Trinajstić information content (AvgIpc) is 2.80. The van der Waals surface area contributed by atoms with Crippen molar-refractivity contribution in [3.8, 4) is 0 Å². The van der Waals surface area contributed by atoms with Crippen LogP contribution in [-0.2, 0) is 7.05 Å². The summed E-state index contributed by atoms with van der Waals surface area (Å²) in [7, 11) is 2.01. The topological polar surface area (TPSA) is 42.7 Å². The molecular weight excluding hydrogens is 224 g/mol. The third-order valence-corrected chi connectivity index (χ3v) is 3.94. The fourth-order valence-electron chi connectivity index (χ4n) is 2.85. The van der Waals surface area contributed by atoms with Gasteiger partial charge in [-0.15, -0.1) is 0 Å². The summed E-state index contributed by atoms with van der Waals surface area (Å²) in [5, 5.41) is 4.63. The highest BCUT2D eigenvalue weighted by atomic mass is 15.1. The van der Waals surface area contributed by atoms with Gasteiger partial charge in [0.15, 0.2) is 0 Å². The smallest absolute Gasteiger partial charge is 0.145 e. The van der Waals surface area contributed by atoms with Gasteiger partial charge in [-0.3, -0.25) is 0 Å². The fraction of sp³-hybridized carbons (Fsp3) is 0.571. The molecule has 1 aliphatic carbocycles. The van der Waals surface area contributed by atoms with E-state index in [1.54, 1.807) is 6.33 Å². The Hall–Kier alpha value is -1.58. The van der Waals surface area contributed by atoms with Gasteiger partial charge in [-0.25, -0.2) is 9.97 Å². The quantitative estimate of drug-likeness (QED) is 0.902. The zero-order chi connectivity index (χ0) is 12.4. The predicted octanol–water partition coefficient (Wildman–Crippen LogP) is 2.96. The highest BCUT2D eigenvalue weighted by Gasteiger charge is 2.14. The number of fused-ring (bicyclic) bond motifs is 1. The standard InChI is InChI=1S/C14H20N4/c1-18-8-7-12-13(16-10-17-14(12)18)15-9-11-5-3-2-4-6-11/h7-8,10-11H,2-6,9H2,1H3,(H,15,16,17). The zero-order valence-electron chi connectivity index (χ0n) is 10.9. The van der Waals surface area contributed by atoms with Gasteiger partial charge in [-0.2, -0.15) is 0 Å². The van der Waals surface area contributed by atoms with Gasteiger partial charge in [0, 0.05) is 19.8 Å². The van der Waals surface area contributed by atoms with Crippen LogP contribution in [0.25, 0.3) is 11.0 Å². The molecule has 0 saturated heterocycles. The molecule has 1 saturated carbocycles. The first-order valence-corrected chi connectivity index (χ1v) is 6.84. The van der Waals surface area contributed by atoms with E-state index in [4.69, 9.17) is 0 Å². The molecule has 96 valence electrons.